The number of rotatable bonds is 1. The quantitative estimate of drug-likeness (QED) is 0.740. The lowest BCUT2D eigenvalue weighted by Gasteiger charge is -2.33. The van der Waals surface area contributed by atoms with Gasteiger partial charge in [0.2, 0.25) is 0 Å². The topological polar surface area (TPSA) is 42.4 Å². The number of hydrogen-bond donors (Lipinski definition) is 0. The van der Waals surface area contributed by atoms with Crippen molar-refractivity contribution in [2.75, 3.05) is 6.54 Å². The van der Waals surface area contributed by atoms with Gasteiger partial charge in [0.25, 0.3) is 0 Å². The van der Waals surface area contributed by atoms with Gasteiger partial charge in [0.05, 0.1) is 10.7 Å². The van der Waals surface area contributed by atoms with Crippen molar-refractivity contribution in [2.45, 2.75) is 45.8 Å². The maximum atomic E-state index is 13.8. The minimum atomic E-state index is -0.509. The first-order chi connectivity index (χ1) is 11.2. The van der Waals surface area contributed by atoms with Gasteiger partial charge in [-0.25, -0.2) is 14.2 Å². The highest BCUT2D eigenvalue weighted by atomic mass is 32.1. The number of para-hydroxylation sites is 1. The van der Waals surface area contributed by atoms with Gasteiger partial charge < -0.3 is 9.64 Å². The van der Waals surface area contributed by atoms with E-state index >= 15 is 0 Å². The molecule has 1 aromatic carbocycles. The van der Waals surface area contributed by atoms with Gasteiger partial charge in [0, 0.05) is 6.54 Å². The summed E-state index contributed by atoms with van der Waals surface area (Å²) in [6, 6.07) is 4.91. The minimum absolute atomic E-state index is 0.0829. The summed E-state index contributed by atoms with van der Waals surface area (Å²) in [5, 5.41) is 0.825. The summed E-state index contributed by atoms with van der Waals surface area (Å²) in [5.74, 6) is -0.296. The van der Waals surface area contributed by atoms with E-state index in [1.54, 1.807) is 11.0 Å². The van der Waals surface area contributed by atoms with Gasteiger partial charge >= 0.3 is 6.09 Å². The van der Waals surface area contributed by atoms with Gasteiger partial charge in [-0.05, 0) is 51.8 Å². The lowest BCUT2D eigenvalue weighted by molar-refractivity contribution is 0.0209. The van der Waals surface area contributed by atoms with Crippen LogP contribution in [-0.4, -0.2) is 34.2 Å². The summed E-state index contributed by atoms with van der Waals surface area (Å²) in [6.45, 7) is 8.10. The minimum Gasteiger partial charge on any atom is -0.444 e. The maximum Gasteiger partial charge on any atom is 0.410 e. The van der Waals surface area contributed by atoms with E-state index in [4.69, 9.17) is 4.74 Å². The average molecular weight is 348 g/mol. The van der Waals surface area contributed by atoms with Crippen LogP contribution in [0.15, 0.2) is 24.3 Å². The van der Waals surface area contributed by atoms with Gasteiger partial charge in [-0.2, -0.15) is 0 Å². The maximum absolute atomic E-state index is 13.8. The third-order valence-corrected chi connectivity index (χ3v) is 4.92. The largest absolute Gasteiger partial charge is 0.444 e. The number of ether oxygens (including phenoxy) is 1. The molecule has 1 aliphatic heterocycles. The molecule has 0 N–H and O–H groups in total. The molecule has 1 unspecified atom stereocenters. The number of amides is 1. The summed E-state index contributed by atoms with van der Waals surface area (Å²) in [7, 11) is 0. The van der Waals surface area contributed by atoms with E-state index in [0.29, 0.717) is 18.5 Å². The molecule has 0 saturated carbocycles. The second kappa shape index (κ2) is 6.16. The third-order valence-electron chi connectivity index (χ3n) is 3.83. The van der Waals surface area contributed by atoms with Crippen LogP contribution in [0.3, 0.4) is 0 Å². The van der Waals surface area contributed by atoms with Gasteiger partial charge in [-0.3, -0.25) is 0 Å². The number of fused-ring (bicyclic) bond motifs is 1. The van der Waals surface area contributed by atoms with Crippen molar-refractivity contribution in [1.29, 1.82) is 0 Å². The molecule has 0 spiro atoms. The molecule has 24 heavy (non-hydrogen) atoms. The van der Waals surface area contributed by atoms with Crippen LogP contribution >= 0.6 is 11.3 Å². The number of nitrogens with zero attached hydrogens (tertiary/aromatic N) is 2. The summed E-state index contributed by atoms with van der Waals surface area (Å²) in [6.07, 6.45) is 2.40. The molecule has 1 aromatic heterocycles. The molecule has 128 valence electrons. The molecule has 0 radical (unpaired) electrons. The SMILES string of the molecule is CC1C=C(c2nc3c(F)cccc3s2)CCN1C(=O)OC(C)(C)C. The second-order valence-electron chi connectivity index (χ2n) is 6.96. The first-order valence-electron chi connectivity index (χ1n) is 8.00. The second-order valence-corrected chi connectivity index (χ2v) is 7.99. The van der Waals surface area contributed by atoms with Gasteiger partial charge in [0.15, 0.2) is 0 Å². The van der Waals surface area contributed by atoms with Gasteiger partial charge in [-0.1, -0.05) is 12.1 Å². The van der Waals surface area contributed by atoms with E-state index in [2.05, 4.69) is 4.98 Å². The molecule has 0 bridgehead atoms. The Morgan fingerprint density at radius 1 is 1.42 bits per heavy atom. The summed E-state index contributed by atoms with van der Waals surface area (Å²) in [4.78, 5) is 18.4. The molecule has 1 aliphatic rings. The standard InChI is InChI=1S/C18H21FN2O2S/c1-11-10-12(8-9-21(11)17(22)23-18(2,3)4)16-20-15-13(19)6-5-7-14(15)24-16/h5-7,10-11H,8-9H2,1-4H3. The van der Waals surface area contributed by atoms with Crippen molar-refractivity contribution in [3.05, 3.63) is 35.1 Å². The van der Waals surface area contributed by atoms with Crippen LogP contribution in [0, 0.1) is 5.82 Å². The number of hydrogen-bond acceptors (Lipinski definition) is 4. The zero-order chi connectivity index (χ0) is 17.5. The number of carbonyl (C=O) groups is 1. The fourth-order valence-electron chi connectivity index (χ4n) is 2.72. The molecule has 2 aromatic rings. The summed E-state index contributed by atoms with van der Waals surface area (Å²) in [5.41, 5.74) is 0.967. The number of aromatic nitrogens is 1. The van der Waals surface area contributed by atoms with Crippen LogP contribution < -0.4 is 0 Å². The van der Waals surface area contributed by atoms with E-state index in [-0.39, 0.29) is 18.0 Å². The van der Waals surface area contributed by atoms with Crippen molar-refractivity contribution >= 4 is 33.2 Å². The zero-order valence-electron chi connectivity index (χ0n) is 14.3. The lowest BCUT2D eigenvalue weighted by Crippen LogP contribution is -2.43. The Bertz CT molecular complexity index is 807. The van der Waals surface area contributed by atoms with Gasteiger partial charge in [-0.15, -0.1) is 11.3 Å². The predicted molar refractivity (Wildman–Crippen MR) is 94.6 cm³/mol. The molecule has 0 saturated heterocycles. The Balaban J connectivity index is 1.82. The van der Waals surface area contributed by atoms with Crippen molar-refractivity contribution in [1.82, 2.24) is 9.88 Å². The van der Waals surface area contributed by atoms with Crippen molar-refractivity contribution in [2.24, 2.45) is 0 Å². The molecule has 0 fully saturated rings. The third kappa shape index (κ3) is 3.43. The highest BCUT2D eigenvalue weighted by Crippen LogP contribution is 2.33. The van der Waals surface area contributed by atoms with Crippen LogP contribution in [0.4, 0.5) is 9.18 Å². The molecule has 6 heteroatoms. The zero-order valence-corrected chi connectivity index (χ0v) is 15.1. The van der Waals surface area contributed by atoms with E-state index in [1.165, 1.54) is 17.4 Å². The monoisotopic (exact) mass is 348 g/mol. The Hall–Kier alpha value is -1.95. The van der Waals surface area contributed by atoms with Crippen molar-refractivity contribution < 1.29 is 13.9 Å². The first-order valence-corrected chi connectivity index (χ1v) is 8.82. The number of benzene rings is 1. The molecular formula is C18H21FN2O2S. The first kappa shape index (κ1) is 16.9. The Morgan fingerprint density at radius 3 is 2.79 bits per heavy atom. The van der Waals surface area contributed by atoms with Gasteiger partial charge in [0.1, 0.15) is 21.9 Å². The van der Waals surface area contributed by atoms with E-state index in [9.17, 15) is 9.18 Å². The van der Waals surface area contributed by atoms with Crippen LogP contribution in [0.25, 0.3) is 15.8 Å². The Morgan fingerprint density at radius 2 is 2.17 bits per heavy atom. The highest BCUT2D eigenvalue weighted by Gasteiger charge is 2.28. The predicted octanol–water partition coefficient (Wildman–Crippen LogP) is 4.85. The molecule has 1 amide bonds. The van der Waals surface area contributed by atoms with Crippen LogP contribution in [-0.2, 0) is 4.74 Å². The molecule has 3 rings (SSSR count). The van der Waals surface area contributed by atoms with Crippen molar-refractivity contribution in [3.63, 3.8) is 0 Å². The number of carbonyl (C=O) groups excluding carboxylic acids is 1. The Kier molecular flexibility index (Phi) is 4.34. The van der Waals surface area contributed by atoms with E-state index in [0.717, 1.165) is 15.3 Å². The molecule has 2 heterocycles. The van der Waals surface area contributed by atoms with Crippen LogP contribution in [0.1, 0.15) is 39.1 Å². The van der Waals surface area contributed by atoms with Crippen molar-refractivity contribution in [3.8, 4) is 0 Å². The number of thiazole rings is 1. The fourth-order valence-corrected chi connectivity index (χ4v) is 3.75. The fraction of sp³-hybridized carbons (Fsp3) is 0.444. The van der Waals surface area contributed by atoms with Crippen LogP contribution in [0.2, 0.25) is 0 Å². The molecule has 4 nitrogen and oxygen atoms in total. The normalized spacial score (nSPS) is 18.6. The number of halogens is 1. The van der Waals surface area contributed by atoms with E-state index < -0.39 is 5.60 Å². The van der Waals surface area contributed by atoms with E-state index in [1.807, 2.05) is 39.8 Å². The molecule has 1 atom stereocenters. The molecular weight excluding hydrogens is 327 g/mol. The summed E-state index contributed by atoms with van der Waals surface area (Å²) < 4.78 is 20.1. The molecule has 0 aliphatic carbocycles. The smallest absolute Gasteiger partial charge is 0.410 e. The highest BCUT2D eigenvalue weighted by molar-refractivity contribution is 7.19. The summed E-state index contributed by atoms with van der Waals surface area (Å²) >= 11 is 1.49. The Labute approximate surface area is 144 Å². The average Bonchev–Trinajstić information content (AvgIpc) is 2.90. The van der Waals surface area contributed by atoms with Crippen LogP contribution in [0.5, 0.6) is 0 Å². The lowest BCUT2D eigenvalue weighted by atomic mass is 10.0.